The van der Waals surface area contributed by atoms with E-state index in [0.717, 1.165) is 20.2 Å². The molecule has 1 atom stereocenters. The Bertz CT molecular complexity index is 667. The molecule has 0 spiro atoms. The van der Waals surface area contributed by atoms with Crippen molar-refractivity contribution < 1.29 is 0 Å². The molecule has 2 heterocycles. The maximum Gasteiger partial charge on any atom is 0.0953 e. The van der Waals surface area contributed by atoms with Crippen LogP contribution in [0.4, 0.5) is 0 Å². The SMILES string of the molecule is Brc1cc(C(Br)Cc2nc3ccccc3s2)sc1Br. The monoisotopic (exact) mass is 479 g/mol. The van der Waals surface area contributed by atoms with E-state index in [0.29, 0.717) is 4.83 Å². The number of para-hydroxylation sites is 1. The molecule has 1 nitrogen and oxygen atoms in total. The zero-order valence-electron chi connectivity index (χ0n) is 9.57. The molecule has 0 aliphatic rings. The van der Waals surface area contributed by atoms with E-state index in [4.69, 9.17) is 0 Å². The molecule has 98 valence electrons. The number of hydrogen-bond donors (Lipinski definition) is 0. The van der Waals surface area contributed by atoms with Crippen molar-refractivity contribution >= 4 is 80.7 Å². The van der Waals surface area contributed by atoms with E-state index < -0.39 is 0 Å². The lowest BCUT2D eigenvalue weighted by Crippen LogP contribution is -1.91. The molecule has 0 radical (unpaired) electrons. The van der Waals surface area contributed by atoms with Gasteiger partial charge in [-0.3, -0.25) is 0 Å². The number of thiazole rings is 1. The van der Waals surface area contributed by atoms with Gasteiger partial charge >= 0.3 is 0 Å². The lowest BCUT2D eigenvalue weighted by molar-refractivity contribution is 0.957. The normalized spacial score (nSPS) is 13.0. The van der Waals surface area contributed by atoms with Crippen LogP contribution in [0.5, 0.6) is 0 Å². The molecular formula is C13H8Br3NS2. The summed E-state index contributed by atoms with van der Waals surface area (Å²) in [6.45, 7) is 0. The first-order valence-corrected chi connectivity index (χ1v) is 9.70. The number of hydrogen-bond acceptors (Lipinski definition) is 3. The second kappa shape index (κ2) is 5.93. The van der Waals surface area contributed by atoms with E-state index in [1.807, 2.05) is 6.07 Å². The van der Waals surface area contributed by atoms with Crippen molar-refractivity contribution in [2.24, 2.45) is 0 Å². The lowest BCUT2D eigenvalue weighted by atomic mass is 10.3. The average Bonchev–Trinajstić information content (AvgIpc) is 2.93. The molecule has 0 saturated heterocycles. The van der Waals surface area contributed by atoms with Gasteiger partial charge in [-0.2, -0.15) is 0 Å². The van der Waals surface area contributed by atoms with Gasteiger partial charge in [0.25, 0.3) is 0 Å². The fourth-order valence-corrected chi connectivity index (χ4v) is 5.79. The van der Waals surface area contributed by atoms with E-state index in [1.54, 1.807) is 22.7 Å². The van der Waals surface area contributed by atoms with Crippen LogP contribution in [0, 0.1) is 0 Å². The Morgan fingerprint density at radius 2 is 1.95 bits per heavy atom. The fourth-order valence-electron chi connectivity index (χ4n) is 1.78. The van der Waals surface area contributed by atoms with E-state index in [-0.39, 0.29) is 0 Å². The third kappa shape index (κ3) is 3.13. The summed E-state index contributed by atoms with van der Waals surface area (Å²) < 4.78 is 3.50. The molecule has 6 heteroatoms. The first kappa shape index (κ1) is 14.2. The van der Waals surface area contributed by atoms with E-state index in [1.165, 1.54) is 14.6 Å². The summed E-state index contributed by atoms with van der Waals surface area (Å²) in [6.07, 6.45) is 0.915. The molecule has 0 fully saturated rings. The van der Waals surface area contributed by atoms with Crippen molar-refractivity contribution in [2.45, 2.75) is 11.2 Å². The Labute approximate surface area is 144 Å². The van der Waals surface area contributed by atoms with Crippen molar-refractivity contribution in [3.05, 3.63) is 48.5 Å². The van der Waals surface area contributed by atoms with Gasteiger partial charge < -0.3 is 0 Å². The van der Waals surface area contributed by atoms with Gasteiger partial charge in [0.05, 0.1) is 23.8 Å². The zero-order chi connectivity index (χ0) is 13.4. The van der Waals surface area contributed by atoms with Gasteiger partial charge in [-0.25, -0.2) is 4.98 Å². The lowest BCUT2D eigenvalue weighted by Gasteiger charge is -2.03. The largest absolute Gasteiger partial charge is 0.241 e. The molecule has 0 bridgehead atoms. The highest BCUT2D eigenvalue weighted by molar-refractivity contribution is 9.13. The Morgan fingerprint density at radius 1 is 1.16 bits per heavy atom. The molecule has 1 unspecified atom stereocenters. The number of rotatable bonds is 3. The number of halogens is 3. The van der Waals surface area contributed by atoms with Gasteiger partial charge in [-0.05, 0) is 50.1 Å². The first-order valence-electron chi connectivity index (χ1n) is 5.57. The topological polar surface area (TPSA) is 12.9 Å². The van der Waals surface area contributed by atoms with Crippen LogP contribution in [0.2, 0.25) is 0 Å². The molecule has 0 N–H and O–H groups in total. The number of benzene rings is 1. The Balaban J connectivity index is 1.84. The van der Waals surface area contributed by atoms with Crippen molar-refractivity contribution in [2.75, 3.05) is 0 Å². The molecule has 0 aliphatic carbocycles. The number of aromatic nitrogens is 1. The molecular weight excluding hydrogens is 474 g/mol. The predicted molar refractivity (Wildman–Crippen MR) is 94.7 cm³/mol. The smallest absolute Gasteiger partial charge is 0.0953 e. The summed E-state index contributed by atoms with van der Waals surface area (Å²) in [6, 6.07) is 10.4. The second-order valence-electron chi connectivity index (χ2n) is 4.02. The minimum atomic E-state index is 0.306. The molecule has 2 aromatic heterocycles. The molecule has 0 aliphatic heterocycles. The van der Waals surface area contributed by atoms with Gasteiger partial charge in [0.1, 0.15) is 0 Å². The third-order valence-electron chi connectivity index (χ3n) is 2.66. The summed E-state index contributed by atoms with van der Waals surface area (Å²) in [5.74, 6) is 0. The third-order valence-corrected chi connectivity index (χ3v) is 8.21. The Kier molecular flexibility index (Phi) is 4.43. The predicted octanol–water partition coefficient (Wildman–Crippen LogP) is 6.56. The zero-order valence-corrected chi connectivity index (χ0v) is 16.0. The van der Waals surface area contributed by atoms with Crippen LogP contribution in [0.1, 0.15) is 14.7 Å². The fraction of sp³-hybridized carbons (Fsp3) is 0.154. The standard InChI is InChI=1S/C13H8Br3NS2/c14-7(11-5-8(15)13(16)19-11)6-12-17-9-3-1-2-4-10(9)18-12/h1-5,7H,6H2. The average molecular weight is 482 g/mol. The summed E-state index contributed by atoms with van der Waals surface area (Å²) >= 11 is 14.3. The quantitative estimate of drug-likeness (QED) is 0.386. The molecule has 3 aromatic rings. The second-order valence-corrected chi connectivity index (χ2v) is 9.49. The first-order chi connectivity index (χ1) is 9.13. The Hall–Kier alpha value is 0.250. The van der Waals surface area contributed by atoms with E-state index in [2.05, 4.69) is 77.0 Å². The van der Waals surface area contributed by atoms with Gasteiger partial charge in [-0.15, -0.1) is 22.7 Å². The Morgan fingerprint density at radius 3 is 2.63 bits per heavy atom. The van der Waals surface area contributed by atoms with Gasteiger partial charge in [-0.1, -0.05) is 28.1 Å². The molecule has 0 saturated carbocycles. The molecule has 19 heavy (non-hydrogen) atoms. The number of nitrogens with zero attached hydrogens (tertiary/aromatic N) is 1. The summed E-state index contributed by atoms with van der Waals surface area (Å²) in [5, 5.41) is 1.17. The van der Waals surface area contributed by atoms with Crippen LogP contribution >= 0.6 is 70.5 Å². The van der Waals surface area contributed by atoms with E-state index >= 15 is 0 Å². The van der Waals surface area contributed by atoms with Crippen LogP contribution in [0.3, 0.4) is 0 Å². The molecule has 1 aromatic carbocycles. The maximum atomic E-state index is 4.68. The van der Waals surface area contributed by atoms with Crippen LogP contribution in [-0.2, 0) is 6.42 Å². The van der Waals surface area contributed by atoms with Crippen LogP contribution in [0.15, 0.2) is 38.6 Å². The number of fused-ring (bicyclic) bond motifs is 1. The van der Waals surface area contributed by atoms with E-state index in [9.17, 15) is 0 Å². The highest BCUT2D eigenvalue weighted by Crippen LogP contribution is 2.40. The number of thiophene rings is 1. The van der Waals surface area contributed by atoms with Crippen LogP contribution in [-0.4, -0.2) is 4.98 Å². The summed E-state index contributed by atoms with van der Waals surface area (Å²) in [7, 11) is 0. The van der Waals surface area contributed by atoms with Crippen LogP contribution in [0.25, 0.3) is 10.2 Å². The summed E-state index contributed by atoms with van der Waals surface area (Å²) in [5.41, 5.74) is 1.09. The van der Waals surface area contributed by atoms with Crippen LogP contribution < -0.4 is 0 Å². The van der Waals surface area contributed by atoms with Gasteiger partial charge in [0.2, 0.25) is 0 Å². The molecule has 0 amide bonds. The highest BCUT2D eigenvalue weighted by atomic mass is 79.9. The van der Waals surface area contributed by atoms with Gasteiger partial charge in [0, 0.05) is 15.8 Å². The van der Waals surface area contributed by atoms with Crippen molar-refractivity contribution in [3.63, 3.8) is 0 Å². The summed E-state index contributed by atoms with van der Waals surface area (Å²) in [4.78, 5) is 6.29. The van der Waals surface area contributed by atoms with Crippen molar-refractivity contribution in [3.8, 4) is 0 Å². The van der Waals surface area contributed by atoms with Crippen molar-refractivity contribution in [1.29, 1.82) is 0 Å². The van der Waals surface area contributed by atoms with Crippen molar-refractivity contribution in [1.82, 2.24) is 4.98 Å². The minimum absolute atomic E-state index is 0.306. The minimum Gasteiger partial charge on any atom is -0.241 e. The molecule has 3 rings (SSSR count). The maximum absolute atomic E-state index is 4.68. The number of alkyl halides is 1. The van der Waals surface area contributed by atoms with Gasteiger partial charge in [0.15, 0.2) is 0 Å². The highest BCUT2D eigenvalue weighted by Gasteiger charge is 2.15.